The zero-order valence-corrected chi connectivity index (χ0v) is 12.6. The van der Waals surface area contributed by atoms with Gasteiger partial charge in [-0.25, -0.2) is 0 Å². The largest absolute Gasteiger partial charge is 0.612 e. The van der Waals surface area contributed by atoms with Gasteiger partial charge in [0, 0.05) is 0 Å². The first-order chi connectivity index (χ1) is 8.38. The molecule has 0 bridgehead atoms. The lowest BCUT2D eigenvalue weighted by molar-refractivity contribution is -0.354. The number of nitrogens with zero attached hydrogens (tertiary/aromatic N) is 2. The van der Waals surface area contributed by atoms with Crippen LogP contribution in [0.3, 0.4) is 0 Å². The van der Waals surface area contributed by atoms with E-state index in [2.05, 4.69) is 15.6 Å². The Hall–Kier alpha value is -1.50. The molecule has 0 aliphatic heterocycles. The molecular formula is C12H20N2O3Si. The summed E-state index contributed by atoms with van der Waals surface area (Å²) in [5, 5.41) is 20.9. The molecule has 0 aliphatic carbocycles. The molecule has 0 amide bonds. The van der Waals surface area contributed by atoms with Gasteiger partial charge < -0.3 is 14.3 Å². The van der Waals surface area contributed by atoms with Crippen molar-refractivity contribution in [3.63, 3.8) is 0 Å². The number of methoxy groups -OCH3 is 1. The number of hydrogen-bond donors (Lipinski definition) is 0. The van der Waals surface area contributed by atoms with Crippen molar-refractivity contribution in [3.05, 3.63) is 16.2 Å². The van der Waals surface area contributed by atoms with Gasteiger partial charge in [-0.15, -0.1) is 6.42 Å². The highest BCUT2D eigenvalue weighted by molar-refractivity contribution is 6.83. The van der Waals surface area contributed by atoms with Gasteiger partial charge in [0.05, 0.1) is 6.61 Å². The predicted octanol–water partition coefficient (Wildman–Crippen LogP) is 1.97. The first-order valence-electron chi connectivity index (χ1n) is 5.76. The summed E-state index contributed by atoms with van der Waals surface area (Å²) in [6, 6.07) is 0. The maximum Gasteiger partial charge on any atom is 0.379 e. The molecule has 5 nitrogen and oxygen atoms in total. The molecule has 0 saturated heterocycles. The van der Waals surface area contributed by atoms with Crippen LogP contribution in [-0.2, 0) is 9.16 Å². The summed E-state index contributed by atoms with van der Waals surface area (Å²) < 4.78 is 10.5. The molecule has 0 N–H and O–H groups in total. The van der Waals surface area contributed by atoms with E-state index in [1.807, 2.05) is 27.7 Å². The van der Waals surface area contributed by atoms with Crippen molar-refractivity contribution in [3.8, 4) is 12.3 Å². The summed E-state index contributed by atoms with van der Waals surface area (Å²) in [6.07, 6.45) is 5.21. The molecule has 0 atom stereocenters. The molecule has 0 fully saturated rings. The van der Waals surface area contributed by atoms with E-state index in [0.717, 1.165) is 0 Å². The van der Waals surface area contributed by atoms with Crippen molar-refractivity contribution in [2.75, 3.05) is 13.7 Å². The Morgan fingerprint density at radius 3 is 2.17 bits per heavy atom. The van der Waals surface area contributed by atoms with E-state index in [0.29, 0.717) is 0 Å². The van der Waals surface area contributed by atoms with Gasteiger partial charge in [0.2, 0.25) is 5.39 Å². The van der Waals surface area contributed by atoms with E-state index in [4.69, 9.17) is 16.2 Å². The van der Waals surface area contributed by atoms with Gasteiger partial charge in [-0.05, 0) is 18.2 Å². The molecule has 18 heavy (non-hydrogen) atoms. The third-order valence-electron chi connectivity index (χ3n) is 2.96. The van der Waals surface area contributed by atoms with E-state index in [1.54, 1.807) is 0 Å². The third-order valence-corrected chi connectivity index (χ3v) is 8.06. The highest BCUT2D eigenvalue weighted by Gasteiger charge is 2.56. The van der Waals surface area contributed by atoms with Crippen LogP contribution >= 0.6 is 0 Å². The van der Waals surface area contributed by atoms with Crippen LogP contribution < -0.4 is 5.11 Å². The average molecular weight is 268 g/mol. The standard InChI is InChI=1S/C12H20N2O3Si/c1-7-8-17-18(9(2)3,10(4)5)11(14-13)12(15)16-6/h1,9-10H,8H2,2-6H3. The van der Waals surface area contributed by atoms with Gasteiger partial charge in [0.25, 0.3) is 0 Å². The predicted molar refractivity (Wildman–Crippen MR) is 69.9 cm³/mol. The topological polar surface area (TPSA) is 69.7 Å². The first kappa shape index (κ1) is 16.5. The van der Waals surface area contributed by atoms with Crippen molar-refractivity contribution in [2.45, 2.75) is 38.8 Å². The second-order valence-corrected chi connectivity index (χ2v) is 9.19. The molecule has 100 valence electrons. The Morgan fingerprint density at radius 2 is 1.89 bits per heavy atom. The monoisotopic (exact) mass is 268 g/mol. The van der Waals surface area contributed by atoms with Crippen LogP contribution in [-0.4, -0.2) is 22.0 Å². The second kappa shape index (κ2) is 7.05. The van der Waals surface area contributed by atoms with E-state index >= 15 is 0 Å². The van der Waals surface area contributed by atoms with Crippen molar-refractivity contribution < 1.29 is 14.3 Å². The second-order valence-electron chi connectivity index (χ2n) is 4.54. The molecule has 0 spiro atoms. The van der Waals surface area contributed by atoms with Crippen LogP contribution in [0, 0.1) is 17.7 Å². The summed E-state index contributed by atoms with van der Waals surface area (Å²) in [5.41, 5.74) is 0.0479. The fraction of sp³-hybridized carbons (Fsp3) is 0.667. The van der Waals surface area contributed by atoms with Gasteiger partial charge in [-0.3, -0.25) is 0 Å². The molecule has 0 aromatic carbocycles. The Balaban J connectivity index is 5.87. The molecule has 0 saturated carbocycles. The Morgan fingerprint density at radius 1 is 1.39 bits per heavy atom. The number of diazo groups is 1. The fourth-order valence-corrected chi connectivity index (χ4v) is 6.28. The molecule has 0 radical (unpaired) electrons. The van der Waals surface area contributed by atoms with Gasteiger partial charge in [-0.1, -0.05) is 33.6 Å². The smallest absolute Gasteiger partial charge is 0.379 e. The van der Waals surface area contributed by atoms with Crippen LogP contribution in [0.4, 0.5) is 0 Å². The Bertz CT molecular complexity index is 383. The number of terminal acetylenes is 1. The Kier molecular flexibility index (Phi) is 6.46. The van der Waals surface area contributed by atoms with Crippen LogP contribution in [0.1, 0.15) is 27.7 Å². The molecular weight excluding hydrogens is 248 g/mol. The highest BCUT2D eigenvalue weighted by Crippen LogP contribution is 2.40. The molecule has 0 aliphatic rings. The van der Waals surface area contributed by atoms with E-state index in [9.17, 15) is 5.11 Å². The lowest BCUT2D eigenvalue weighted by Gasteiger charge is -2.32. The van der Waals surface area contributed by atoms with Crippen LogP contribution in [0.2, 0.25) is 11.1 Å². The molecule has 0 aromatic rings. The zero-order valence-electron chi connectivity index (χ0n) is 11.6. The summed E-state index contributed by atoms with van der Waals surface area (Å²) >= 11 is 0. The maximum absolute atomic E-state index is 11.8. The quantitative estimate of drug-likeness (QED) is 0.319. The van der Waals surface area contributed by atoms with Gasteiger partial charge >= 0.3 is 13.6 Å². The molecule has 0 unspecified atom stereocenters. The summed E-state index contributed by atoms with van der Waals surface area (Å²) in [6.45, 7) is 7.79. The maximum atomic E-state index is 11.8. The number of hydrogen-bond acceptors (Lipinski definition) is 4. The van der Waals surface area contributed by atoms with Gasteiger partial charge in [0.1, 0.15) is 5.95 Å². The van der Waals surface area contributed by atoms with Gasteiger partial charge in [-0.2, -0.15) is 0 Å². The molecule has 6 heteroatoms. The number of rotatable bonds is 6. The van der Waals surface area contributed by atoms with E-state index < -0.39 is 14.3 Å². The minimum atomic E-state index is -2.80. The Labute approximate surface area is 110 Å². The summed E-state index contributed by atoms with van der Waals surface area (Å²) in [4.78, 5) is 3.14. The minimum absolute atomic E-state index is 0.0229. The molecule has 0 heterocycles. The zero-order chi connectivity index (χ0) is 14.3. The van der Waals surface area contributed by atoms with Crippen LogP contribution in [0.15, 0.2) is 11.3 Å². The van der Waals surface area contributed by atoms with Crippen molar-refractivity contribution >= 4 is 8.32 Å². The van der Waals surface area contributed by atoms with Crippen molar-refractivity contribution in [2.24, 2.45) is 0 Å². The van der Waals surface area contributed by atoms with Crippen molar-refractivity contribution in [1.29, 1.82) is 5.39 Å². The third kappa shape index (κ3) is 3.04. The van der Waals surface area contributed by atoms with Gasteiger partial charge in [0.15, 0.2) is 4.98 Å². The first-order valence-corrected chi connectivity index (χ1v) is 7.82. The molecule has 0 rings (SSSR count). The lowest BCUT2D eigenvalue weighted by Crippen LogP contribution is -2.48. The average Bonchev–Trinajstić information content (AvgIpc) is 2.32. The molecule has 0 aromatic heterocycles. The van der Waals surface area contributed by atoms with E-state index in [-0.39, 0.29) is 23.0 Å². The number of ether oxygens (including phenoxy) is 1. The minimum Gasteiger partial charge on any atom is -0.612 e. The normalized spacial score (nSPS) is 12.9. The fourth-order valence-electron chi connectivity index (χ4n) is 2.15. The highest BCUT2D eigenvalue weighted by atomic mass is 28.4. The SMILES string of the molecule is C#CCO[Si](C([N+]#N)=C([O-])OC)(C(C)C)C(C)C. The van der Waals surface area contributed by atoms with Crippen molar-refractivity contribution in [1.82, 2.24) is 0 Å². The summed E-state index contributed by atoms with van der Waals surface area (Å²) in [7, 11) is -1.56. The summed E-state index contributed by atoms with van der Waals surface area (Å²) in [5.74, 6) is 1.73. The van der Waals surface area contributed by atoms with Crippen LogP contribution in [0.5, 0.6) is 0 Å². The van der Waals surface area contributed by atoms with E-state index in [1.165, 1.54) is 7.11 Å². The lowest BCUT2D eigenvalue weighted by atomic mass is 10.5. The van der Waals surface area contributed by atoms with Crippen LogP contribution in [0.25, 0.3) is 4.98 Å².